The van der Waals surface area contributed by atoms with E-state index in [9.17, 15) is 9.59 Å². The predicted octanol–water partition coefficient (Wildman–Crippen LogP) is 1.14. The molecule has 1 fully saturated rings. The van der Waals surface area contributed by atoms with Gasteiger partial charge in [0.05, 0.1) is 12.0 Å². The molecule has 0 saturated carbocycles. The molecule has 20 heavy (non-hydrogen) atoms. The lowest BCUT2D eigenvalue weighted by atomic mass is 9.75. The fourth-order valence-electron chi connectivity index (χ4n) is 3.04. The van der Waals surface area contributed by atoms with Gasteiger partial charge < -0.3 is 15.5 Å². The van der Waals surface area contributed by atoms with E-state index in [0.717, 1.165) is 38.8 Å². The molecule has 1 heterocycles. The summed E-state index contributed by atoms with van der Waals surface area (Å²) in [7, 11) is 0. The van der Waals surface area contributed by atoms with Gasteiger partial charge in [-0.2, -0.15) is 0 Å². The number of nitrogens with zero attached hydrogens (tertiary/aromatic N) is 1. The quantitative estimate of drug-likeness (QED) is 0.736. The van der Waals surface area contributed by atoms with E-state index in [1.807, 2.05) is 13.8 Å². The van der Waals surface area contributed by atoms with Gasteiger partial charge in [-0.25, -0.2) is 0 Å². The number of nitrogens with one attached hydrogen (secondary N) is 2. The van der Waals surface area contributed by atoms with Gasteiger partial charge in [0.1, 0.15) is 0 Å². The van der Waals surface area contributed by atoms with Crippen LogP contribution in [0.3, 0.4) is 0 Å². The largest absolute Gasteiger partial charge is 0.355 e. The van der Waals surface area contributed by atoms with Crippen LogP contribution in [0.15, 0.2) is 0 Å². The van der Waals surface area contributed by atoms with E-state index in [1.54, 1.807) is 4.90 Å². The number of likely N-dealkylation sites (N-methyl/N-ethyl adjacent to an activating group) is 2. The van der Waals surface area contributed by atoms with Crippen LogP contribution in [0.5, 0.6) is 0 Å². The van der Waals surface area contributed by atoms with Gasteiger partial charge in [-0.15, -0.1) is 0 Å². The van der Waals surface area contributed by atoms with Crippen molar-refractivity contribution in [2.45, 2.75) is 46.5 Å². The number of hydrogen-bond donors (Lipinski definition) is 2. The monoisotopic (exact) mass is 283 g/mol. The van der Waals surface area contributed by atoms with E-state index in [2.05, 4.69) is 17.6 Å². The van der Waals surface area contributed by atoms with E-state index in [0.29, 0.717) is 13.1 Å². The van der Waals surface area contributed by atoms with Gasteiger partial charge in [-0.1, -0.05) is 13.3 Å². The molecule has 0 aromatic heterocycles. The second-order valence-electron chi connectivity index (χ2n) is 5.58. The van der Waals surface area contributed by atoms with Crippen LogP contribution in [-0.2, 0) is 9.59 Å². The SMILES string of the molecule is CCCC1(C(=O)N(CC)CC(=O)NCC)CCCNC1. The molecule has 0 aliphatic carbocycles. The maximum absolute atomic E-state index is 12.9. The second-order valence-corrected chi connectivity index (χ2v) is 5.58. The summed E-state index contributed by atoms with van der Waals surface area (Å²) >= 11 is 0. The van der Waals surface area contributed by atoms with Crippen molar-refractivity contribution in [2.75, 3.05) is 32.7 Å². The number of amides is 2. The predicted molar refractivity (Wildman–Crippen MR) is 80.4 cm³/mol. The maximum Gasteiger partial charge on any atom is 0.239 e. The number of carbonyl (C=O) groups is 2. The summed E-state index contributed by atoms with van der Waals surface area (Å²) in [5, 5.41) is 6.11. The number of hydrogen-bond acceptors (Lipinski definition) is 3. The Morgan fingerprint density at radius 3 is 2.55 bits per heavy atom. The van der Waals surface area contributed by atoms with Gasteiger partial charge in [0.25, 0.3) is 0 Å². The van der Waals surface area contributed by atoms with Gasteiger partial charge >= 0.3 is 0 Å². The molecular formula is C15H29N3O2. The minimum Gasteiger partial charge on any atom is -0.355 e. The Hall–Kier alpha value is -1.10. The molecule has 0 radical (unpaired) electrons. The Labute approximate surface area is 122 Å². The minimum absolute atomic E-state index is 0.0712. The van der Waals surface area contributed by atoms with E-state index < -0.39 is 0 Å². The molecule has 1 aliphatic heterocycles. The van der Waals surface area contributed by atoms with Crippen LogP contribution in [0.2, 0.25) is 0 Å². The molecule has 0 aromatic carbocycles. The summed E-state index contributed by atoms with van der Waals surface area (Å²) in [6.45, 7) is 9.03. The Bertz CT molecular complexity index is 320. The fraction of sp³-hybridized carbons (Fsp3) is 0.867. The third kappa shape index (κ3) is 4.20. The van der Waals surface area contributed by atoms with E-state index in [4.69, 9.17) is 0 Å². The maximum atomic E-state index is 12.9. The molecule has 116 valence electrons. The van der Waals surface area contributed by atoms with Crippen LogP contribution in [0.4, 0.5) is 0 Å². The van der Waals surface area contributed by atoms with Crippen molar-refractivity contribution in [3.8, 4) is 0 Å². The van der Waals surface area contributed by atoms with Crippen molar-refractivity contribution in [1.82, 2.24) is 15.5 Å². The molecular weight excluding hydrogens is 254 g/mol. The molecule has 1 aliphatic rings. The first-order chi connectivity index (χ1) is 9.59. The summed E-state index contributed by atoms with van der Waals surface area (Å²) in [4.78, 5) is 26.3. The van der Waals surface area contributed by atoms with Gasteiger partial charge in [0, 0.05) is 19.6 Å². The molecule has 1 saturated heterocycles. The zero-order chi connectivity index (χ0) is 15.0. The van der Waals surface area contributed by atoms with Crippen LogP contribution >= 0.6 is 0 Å². The summed E-state index contributed by atoms with van der Waals surface area (Å²) in [5.41, 5.74) is -0.310. The lowest BCUT2D eigenvalue weighted by molar-refractivity contribution is -0.146. The molecule has 1 rings (SSSR count). The topological polar surface area (TPSA) is 61.4 Å². The Kier molecular flexibility index (Phi) is 6.99. The second kappa shape index (κ2) is 8.25. The average Bonchev–Trinajstić information content (AvgIpc) is 2.45. The molecule has 5 nitrogen and oxygen atoms in total. The van der Waals surface area contributed by atoms with Crippen molar-refractivity contribution in [1.29, 1.82) is 0 Å². The molecule has 2 N–H and O–H groups in total. The normalized spacial score (nSPS) is 22.4. The van der Waals surface area contributed by atoms with E-state index >= 15 is 0 Å². The zero-order valence-electron chi connectivity index (χ0n) is 13.1. The smallest absolute Gasteiger partial charge is 0.239 e. The zero-order valence-corrected chi connectivity index (χ0v) is 13.1. The first-order valence-electron chi connectivity index (χ1n) is 7.86. The average molecular weight is 283 g/mol. The Morgan fingerprint density at radius 2 is 2.05 bits per heavy atom. The molecule has 1 unspecified atom stereocenters. The van der Waals surface area contributed by atoms with Gasteiger partial charge in [-0.3, -0.25) is 9.59 Å². The molecule has 2 amide bonds. The lowest BCUT2D eigenvalue weighted by Crippen LogP contribution is -2.53. The molecule has 0 bridgehead atoms. The van der Waals surface area contributed by atoms with Crippen molar-refractivity contribution >= 4 is 11.8 Å². The van der Waals surface area contributed by atoms with Gasteiger partial charge in [0.15, 0.2) is 0 Å². The number of piperidine rings is 1. The Morgan fingerprint density at radius 1 is 1.30 bits per heavy atom. The summed E-state index contributed by atoms with van der Waals surface area (Å²) < 4.78 is 0. The third-order valence-electron chi connectivity index (χ3n) is 4.03. The van der Waals surface area contributed by atoms with Crippen LogP contribution in [0.1, 0.15) is 46.5 Å². The third-order valence-corrected chi connectivity index (χ3v) is 4.03. The Balaban J connectivity index is 2.77. The van der Waals surface area contributed by atoms with Crippen molar-refractivity contribution < 1.29 is 9.59 Å². The highest BCUT2D eigenvalue weighted by atomic mass is 16.2. The van der Waals surface area contributed by atoms with Crippen LogP contribution < -0.4 is 10.6 Å². The van der Waals surface area contributed by atoms with Crippen LogP contribution in [0, 0.1) is 5.41 Å². The van der Waals surface area contributed by atoms with Crippen molar-refractivity contribution in [3.05, 3.63) is 0 Å². The molecule has 0 spiro atoms. The summed E-state index contributed by atoms with van der Waals surface area (Å²) in [6, 6.07) is 0. The summed E-state index contributed by atoms with van der Waals surface area (Å²) in [6.07, 6.45) is 3.85. The van der Waals surface area contributed by atoms with Gasteiger partial charge in [0.2, 0.25) is 11.8 Å². The van der Waals surface area contributed by atoms with E-state index in [1.165, 1.54) is 0 Å². The van der Waals surface area contributed by atoms with Gasteiger partial charge in [-0.05, 0) is 39.7 Å². The fourth-order valence-corrected chi connectivity index (χ4v) is 3.04. The first-order valence-corrected chi connectivity index (χ1v) is 7.86. The molecule has 1 atom stereocenters. The van der Waals surface area contributed by atoms with Crippen LogP contribution in [0.25, 0.3) is 0 Å². The summed E-state index contributed by atoms with van der Waals surface area (Å²) in [5.74, 6) is 0.0680. The lowest BCUT2D eigenvalue weighted by Gasteiger charge is -2.39. The number of rotatable bonds is 7. The van der Waals surface area contributed by atoms with Crippen molar-refractivity contribution in [2.24, 2.45) is 5.41 Å². The van der Waals surface area contributed by atoms with Crippen molar-refractivity contribution in [3.63, 3.8) is 0 Å². The van der Waals surface area contributed by atoms with Crippen LogP contribution in [-0.4, -0.2) is 49.4 Å². The standard InChI is InChI=1S/C15H29N3O2/c1-4-8-15(9-7-10-16-12-15)14(20)18(6-3)11-13(19)17-5-2/h16H,4-12H2,1-3H3,(H,17,19). The highest BCUT2D eigenvalue weighted by molar-refractivity contribution is 5.88. The first kappa shape index (κ1) is 17.0. The minimum atomic E-state index is -0.310. The molecule has 0 aromatic rings. The highest BCUT2D eigenvalue weighted by Gasteiger charge is 2.41. The van der Waals surface area contributed by atoms with E-state index in [-0.39, 0.29) is 23.8 Å². The number of carbonyl (C=O) groups excluding carboxylic acids is 2. The molecule has 5 heteroatoms. The highest BCUT2D eigenvalue weighted by Crippen LogP contribution is 2.33.